The molecular weight excluding hydrogens is 212 g/mol. The van der Waals surface area contributed by atoms with Crippen molar-refractivity contribution in [1.82, 2.24) is 0 Å². The number of rotatable bonds is 1. The van der Waals surface area contributed by atoms with Gasteiger partial charge in [-0.05, 0) is 61.9 Å². The number of aliphatic hydroxyl groups is 1. The van der Waals surface area contributed by atoms with Crippen LogP contribution >= 0.6 is 0 Å². The van der Waals surface area contributed by atoms with E-state index in [-0.39, 0.29) is 5.75 Å². The van der Waals surface area contributed by atoms with Gasteiger partial charge >= 0.3 is 0 Å². The van der Waals surface area contributed by atoms with Gasteiger partial charge in [0.25, 0.3) is 0 Å². The minimum atomic E-state index is -0.943. The van der Waals surface area contributed by atoms with Gasteiger partial charge in [0.1, 0.15) is 5.75 Å². The van der Waals surface area contributed by atoms with Crippen molar-refractivity contribution in [1.29, 1.82) is 0 Å². The fourth-order valence-corrected chi connectivity index (χ4v) is 2.13. The standard InChI is InChI=1S/C15H18O2/c1-9-5-6-10(2)14-12(9)7-11(8-13(14)16)15(3,4)17/h5-8,16-17H,1-4H3. The van der Waals surface area contributed by atoms with Gasteiger partial charge in [0, 0.05) is 5.39 Å². The van der Waals surface area contributed by atoms with Crippen molar-refractivity contribution in [2.45, 2.75) is 33.3 Å². The molecule has 0 saturated carbocycles. The molecule has 0 aliphatic rings. The van der Waals surface area contributed by atoms with Crippen LogP contribution in [0.2, 0.25) is 0 Å². The van der Waals surface area contributed by atoms with Crippen LogP contribution in [0.3, 0.4) is 0 Å². The van der Waals surface area contributed by atoms with E-state index in [9.17, 15) is 10.2 Å². The van der Waals surface area contributed by atoms with Crippen molar-refractivity contribution in [3.63, 3.8) is 0 Å². The summed E-state index contributed by atoms with van der Waals surface area (Å²) < 4.78 is 0. The Kier molecular flexibility index (Phi) is 2.63. The zero-order valence-corrected chi connectivity index (χ0v) is 10.7. The lowest BCUT2D eigenvalue weighted by molar-refractivity contribution is 0.0785. The second kappa shape index (κ2) is 3.74. The lowest BCUT2D eigenvalue weighted by Gasteiger charge is -2.20. The molecule has 0 spiro atoms. The fourth-order valence-electron chi connectivity index (χ4n) is 2.13. The second-order valence-electron chi connectivity index (χ2n) is 5.18. The van der Waals surface area contributed by atoms with Crippen LogP contribution in [0.5, 0.6) is 5.75 Å². The number of hydrogen-bond acceptors (Lipinski definition) is 2. The summed E-state index contributed by atoms with van der Waals surface area (Å²) in [6.07, 6.45) is 0. The Hall–Kier alpha value is -1.54. The molecule has 2 aromatic rings. The maximum Gasteiger partial charge on any atom is 0.124 e. The van der Waals surface area contributed by atoms with Gasteiger partial charge in [-0.25, -0.2) is 0 Å². The van der Waals surface area contributed by atoms with Crippen molar-refractivity contribution >= 4 is 10.8 Å². The molecule has 0 aromatic heterocycles. The number of phenols is 1. The first-order chi connectivity index (χ1) is 7.80. The molecule has 0 radical (unpaired) electrons. The van der Waals surface area contributed by atoms with E-state index >= 15 is 0 Å². The highest BCUT2D eigenvalue weighted by Crippen LogP contribution is 2.34. The molecule has 0 fully saturated rings. The van der Waals surface area contributed by atoms with Crippen molar-refractivity contribution in [2.24, 2.45) is 0 Å². The second-order valence-corrected chi connectivity index (χ2v) is 5.18. The summed E-state index contributed by atoms with van der Waals surface area (Å²) in [7, 11) is 0. The van der Waals surface area contributed by atoms with Crippen LogP contribution in [-0.2, 0) is 5.60 Å². The molecular formula is C15H18O2. The van der Waals surface area contributed by atoms with E-state index in [1.54, 1.807) is 19.9 Å². The summed E-state index contributed by atoms with van der Waals surface area (Å²) in [4.78, 5) is 0. The molecule has 2 N–H and O–H groups in total. The van der Waals surface area contributed by atoms with E-state index in [4.69, 9.17) is 0 Å². The number of benzene rings is 2. The lowest BCUT2D eigenvalue weighted by Crippen LogP contribution is -2.15. The smallest absolute Gasteiger partial charge is 0.124 e. The molecule has 2 nitrogen and oxygen atoms in total. The van der Waals surface area contributed by atoms with Gasteiger partial charge in [-0.2, -0.15) is 0 Å². The third-order valence-electron chi connectivity index (χ3n) is 3.23. The van der Waals surface area contributed by atoms with Crippen LogP contribution < -0.4 is 0 Å². The zero-order chi connectivity index (χ0) is 12.8. The lowest BCUT2D eigenvalue weighted by atomic mass is 9.92. The summed E-state index contributed by atoms with van der Waals surface area (Å²) in [5, 5.41) is 22.0. The average Bonchev–Trinajstić information content (AvgIpc) is 2.21. The summed E-state index contributed by atoms with van der Waals surface area (Å²) in [5.74, 6) is 0.237. The number of hydrogen-bond donors (Lipinski definition) is 2. The molecule has 2 aromatic carbocycles. The highest BCUT2D eigenvalue weighted by atomic mass is 16.3. The highest BCUT2D eigenvalue weighted by Gasteiger charge is 2.19. The van der Waals surface area contributed by atoms with Gasteiger partial charge in [-0.3, -0.25) is 0 Å². The van der Waals surface area contributed by atoms with Crippen LogP contribution in [0.25, 0.3) is 10.8 Å². The maximum atomic E-state index is 10.1. The molecule has 90 valence electrons. The highest BCUT2D eigenvalue weighted by molar-refractivity contribution is 5.94. The van der Waals surface area contributed by atoms with E-state index in [1.165, 1.54) is 0 Å². The Morgan fingerprint density at radius 1 is 1.00 bits per heavy atom. The Labute approximate surface area is 102 Å². The maximum absolute atomic E-state index is 10.1. The van der Waals surface area contributed by atoms with E-state index in [1.807, 2.05) is 32.0 Å². The average molecular weight is 230 g/mol. The SMILES string of the molecule is Cc1ccc(C)c2c(O)cc(C(C)(C)O)cc12. The summed E-state index contributed by atoms with van der Waals surface area (Å²) >= 11 is 0. The molecule has 0 bridgehead atoms. The summed E-state index contributed by atoms with van der Waals surface area (Å²) in [6.45, 7) is 7.43. The fraction of sp³-hybridized carbons (Fsp3) is 0.333. The third-order valence-corrected chi connectivity index (χ3v) is 3.23. The molecule has 0 aliphatic carbocycles. The van der Waals surface area contributed by atoms with Gasteiger partial charge in [0.2, 0.25) is 0 Å². The summed E-state index contributed by atoms with van der Waals surface area (Å²) in [5.41, 5.74) is 1.94. The Bertz CT molecular complexity index is 577. The Morgan fingerprint density at radius 3 is 2.18 bits per heavy atom. The molecule has 2 heteroatoms. The van der Waals surface area contributed by atoms with E-state index < -0.39 is 5.60 Å². The predicted octanol–water partition coefficient (Wildman–Crippen LogP) is 3.39. The molecule has 17 heavy (non-hydrogen) atoms. The molecule has 0 unspecified atom stereocenters. The molecule has 0 amide bonds. The number of aryl methyl sites for hydroxylation is 2. The van der Waals surface area contributed by atoms with Gasteiger partial charge in [-0.1, -0.05) is 12.1 Å². The summed E-state index contributed by atoms with van der Waals surface area (Å²) in [6, 6.07) is 7.64. The van der Waals surface area contributed by atoms with E-state index in [2.05, 4.69) is 0 Å². The monoisotopic (exact) mass is 230 g/mol. The minimum Gasteiger partial charge on any atom is -0.507 e. The quantitative estimate of drug-likeness (QED) is 0.788. The van der Waals surface area contributed by atoms with Gasteiger partial charge < -0.3 is 10.2 Å². The van der Waals surface area contributed by atoms with Crippen molar-refractivity contribution in [3.8, 4) is 5.75 Å². The number of aromatic hydroxyl groups is 1. The first-order valence-electron chi connectivity index (χ1n) is 5.76. The van der Waals surface area contributed by atoms with Crippen molar-refractivity contribution in [3.05, 3.63) is 41.0 Å². The predicted molar refractivity (Wildman–Crippen MR) is 70.3 cm³/mol. The van der Waals surface area contributed by atoms with Crippen LogP contribution in [0, 0.1) is 13.8 Å². The largest absolute Gasteiger partial charge is 0.507 e. The van der Waals surface area contributed by atoms with Gasteiger partial charge in [0.05, 0.1) is 5.60 Å². The third kappa shape index (κ3) is 2.01. The number of fused-ring (bicyclic) bond motifs is 1. The van der Waals surface area contributed by atoms with Crippen LogP contribution in [0.15, 0.2) is 24.3 Å². The molecule has 0 atom stereocenters. The van der Waals surface area contributed by atoms with Gasteiger partial charge in [0.15, 0.2) is 0 Å². The topological polar surface area (TPSA) is 40.5 Å². The van der Waals surface area contributed by atoms with Crippen LogP contribution in [-0.4, -0.2) is 10.2 Å². The Balaban J connectivity index is 2.87. The molecule has 2 rings (SSSR count). The minimum absolute atomic E-state index is 0.237. The normalized spacial score (nSPS) is 12.1. The zero-order valence-electron chi connectivity index (χ0n) is 10.7. The first kappa shape index (κ1) is 11.9. The van der Waals surface area contributed by atoms with Crippen LogP contribution in [0.1, 0.15) is 30.5 Å². The van der Waals surface area contributed by atoms with Gasteiger partial charge in [-0.15, -0.1) is 0 Å². The first-order valence-corrected chi connectivity index (χ1v) is 5.76. The van der Waals surface area contributed by atoms with Crippen molar-refractivity contribution in [2.75, 3.05) is 0 Å². The van der Waals surface area contributed by atoms with Crippen LogP contribution in [0.4, 0.5) is 0 Å². The molecule has 0 saturated heterocycles. The van der Waals surface area contributed by atoms with E-state index in [0.717, 1.165) is 27.5 Å². The number of phenolic OH excluding ortho intramolecular Hbond substituents is 1. The Morgan fingerprint density at radius 2 is 1.59 bits per heavy atom. The van der Waals surface area contributed by atoms with Crippen molar-refractivity contribution < 1.29 is 10.2 Å². The molecule has 0 aliphatic heterocycles. The molecule has 0 heterocycles. The van der Waals surface area contributed by atoms with E-state index in [0.29, 0.717) is 0 Å².